The quantitative estimate of drug-likeness (QED) is 0.301. The maximum atomic E-state index is 11.9. The van der Waals surface area contributed by atoms with Gasteiger partial charge in [-0.15, -0.1) is 24.0 Å². The summed E-state index contributed by atoms with van der Waals surface area (Å²) in [6, 6.07) is 14.9. The molecule has 1 heterocycles. The highest BCUT2D eigenvalue weighted by Gasteiger charge is 2.21. The van der Waals surface area contributed by atoms with Crippen LogP contribution in [0.25, 0.3) is 0 Å². The van der Waals surface area contributed by atoms with Crippen LogP contribution in [0.1, 0.15) is 12.5 Å². The van der Waals surface area contributed by atoms with Gasteiger partial charge in [-0.3, -0.25) is 0 Å². The Hall–Kier alpha value is -2.05. The maximum Gasteiger partial charge on any atom is 0.240 e. The van der Waals surface area contributed by atoms with E-state index >= 15 is 0 Å². The molecule has 0 aliphatic carbocycles. The summed E-state index contributed by atoms with van der Waals surface area (Å²) >= 11 is 0. The molecular formula is C22H32IN5O3S. The van der Waals surface area contributed by atoms with Crippen LogP contribution in [-0.2, 0) is 16.6 Å². The minimum absolute atomic E-state index is 0. The fourth-order valence-electron chi connectivity index (χ4n) is 3.53. The first-order valence-corrected chi connectivity index (χ1v) is 11.9. The van der Waals surface area contributed by atoms with E-state index in [1.165, 1.54) is 7.05 Å². The molecule has 8 nitrogen and oxygen atoms in total. The first-order valence-electron chi connectivity index (χ1n) is 10.4. The number of aliphatic imine (C=N–C) groups is 1. The second-order valence-electron chi connectivity index (χ2n) is 7.17. The van der Waals surface area contributed by atoms with Crippen molar-refractivity contribution in [1.82, 2.24) is 14.9 Å². The molecule has 0 saturated carbocycles. The van der Waals surface area contributed by atoms with E-state index in [4.69, 9.17) is 9.73 Å². The Morgan fingerprint density at radius 3 is 2.31 bits per heavy atom. The summed E-state index contributed by atoms with van der Waals surface area (Å²) in [5.41, 5.74) is 2.07. The first-order chi connectivity index (χ1) is 15.0. The van der Waals surface area contributed by atoms with E-state index in [1.54, 1.807) is 31.4 Å². The van der Waals surface area contributed by atoms with Gasteiger partial charge in [0.25, 0.3) is 0 Å². The summed E-state index contributed by atoms with van der Waals surface area (Å²) in [6.07, 6.45) is 0. The predicted molar refractivity (Wildman–Crippen MR) is 140 cm³/mol. The Bertz CT molecular complexity index is 991. The van der Waals surface area contributed by atoms with Crippen molar-refractivity contribution in [1.29, 1.82) is 0 Å². The number of guanidine groups is 1. The maximum absolute atomic E-state index is 11.9. The minimum Gasteiger partial charge on any atom is -0.495 e. The van der Waals surface area contributed by atoms with Gasteiger partial charge in [0, 0.05) is 32.7 Å². The number of benzene rings is 2. The van der Waals surface area contributed by atoms with E-state index in [0.717, 1.165) is 55.7 Å². The Kier molecular flexibility index (Phi) is 10.0. The van der Waals surface area contributed by atoms with Crippen LogP contribution in [0.4, 0.5) is 5.69 Å². The number of piperazine rings is 1. The molecule has 0 aromatic heterocycles. The van der Waals surface area contributed by atoms with Gasteiger partial charge in [-0.2, -0.15) is 0 Å². The summed E-state index contributed by atoms with van der Waals surface area (Å²) in [5, 5.41) is 3.37. The van der Waals surface area contributed by atoms with Gasteiger partial charge in [-0.1, -0.05) is 24.3 Å². The number of para-hydroxylation sites is 2. The van der Waals surface area contributed by atoms with Crippen molar-refractivity contribution in [2.45, 2.75) is 18.4 Å². The second kappa shape index (κ2) is 12.3. The average molecular weight is 574 g/mol. The lowest BCUT2D eigenvalue weighted by atomic mass is 10.2. The van der Waals surface area contributed by atoms with Gasteiger partial charge in [-0.25, -0.2) is 18.1 Å². The van der Waals surface area contributed by atoms with Crippen LogP contribution in [0.3, 0.4) is 0 Å². The van der Waals surface area contributed by atoms with Gasteiger partial charge >= 0.3 is 0 Å². The number of hydrogen-bond donors (Lipinski definition) is 2. The number of nitrogens with one attached hydrogen (secondary N) is 2. The number of halogens is 1. The molecule has 10 heteroatoms. The van der Waals surface area contributed by atoms with Gasteiger partial charge in [0.2, 0.25) is 10.0 Å². The third kappa shape index (κ3) is 6.48. The van der Waals surface area contributed by atoms with Gasteiger partial charge < -0.3 is 19.9 Å². The average Bonchev–Trinajstić information content (AvgIpc) is 2.82. The fraction of sp³-hybridized carbons (Fsp3) is 0.409. The third-order valence-electron chi connectivity index (χ3n) is 5.25. The standard InChI is InChI=1S/C22H31N5O3S.HI/c1-4-24-22(25-17-18-9-11-19(12-10-18)31(28,29)23-2)27-15-13-26(14-16-27)20-7-5-6-8-21(20)30-3;/h5-12,23H,4,13-17H2,1-3H3,(H,24,25);1H. The summed E-state index contributed by atoms with van der Waals surface area (Å²) in [7, 11) is -0.318. The number of anilines is 1. The van der Waals surface area contributed by atoms with Crippen LogP contribution in [0.5, 0.6) is 5.75 Å². The topological polar surface area (TPSA) is 86.3 Å². The zero-order chi connectivity index (χ0) is 22.3. The molecule has 2 aromatic carbocycles. The van der Waals surface area contributed by atoms with Crippen LogP contribution in [0.2, 0.25) is 0 Å². The molecule has 0 bridgehead atoms. The van der Waals surface area contributed by atoms with Crippen LogP contribution < -0.4 is 19.7 Å². The van der Waals surface area contributed by atoms with E-state index in [-0.39, 0.29) is 28.9 Å². The van der Waals surface area contributed by atoms with E-state index in [0.29, 0.717) is 6.54 Å². The van der Waals surface area contributed by atoms with E-state index < -0.39 is 10.0 Å². The lowest BCUT2D eigenvalue weighted by molar-refractivity contribution is 0.367. The third-order valence-corrected chi connectivity index (χ3v) is 6.68. The normalized spacial score (nSPS) is 14.7. The fourth-order valence-corrected chi connectivity index (χ4v) is 4.26. The van der Waals surface area contributed by atoms with Crippen molar-refractivity contribution in [2.75, 3.05) is 51.8 Å². The minimum atomic E-state index is -3.43. The molecule has 0 atom stereocenters. The van der Waals surface area contributed by atoms with Crippen molar-refractivity contribution in [3.05, 3.63) is 54.1 Å². The molecule has 0 radical (unpaired) electrons. The molecule has 0 amide bonds. The Balaban J connectivity index is 0.00000363. The molecule has 0 unspecified atom stereocenters. The highest BCUT2D eigenvalue weighted by Crippen LogP contribution is 2.28. The summed E-state index contributed by atoms with van der Waals surface area (Å²) < 4.78 is 31.6. The Morgan fingerprint density at radius 2 is 1.72 bits per heavy atom. The van der Waals surface area contributed by atoms with Crippen molar-refractivity contribution in [3.8, 4) is 5.75 Å². The van der Waals surface area contributed by atoms with Gasteiger partial charge in [-0.05, 0) is 43.8 Å². The van der Waals surface area contributed by atoms with Gasteiger partial charge in [0.1, 0.15) is 5.75 Å². The molecule has 3 rings (SSSR count). The number of sulfonamides is 1. The van der Waals surface area contributed by atoms with Crippen LogP contribution >= 0.6 is 24.0 Å². The monoisotopic (exact) mass is 573 g/mol. The number of hydrogen-bond acceptors (Lipinski definition) is 5. The van der Waals surface area contributed by atoms with Gasteiger partial charge in [0.15, 0.2) is 5.96 Å². The molecule has 2 N–H and O–H groups in total. The predicted octanol–water partition coefficient (Wildman–Crippen LogP) is 2.51. The highest BCUT2D eigenvalue weighted by atomic mass is 127. The van der Waals surface area contributed by atoms with E-state index in [1.807, 2.05) is 18.2 Å². The summed E-state index contributed by atoms with van der Waals surface area (Å²) in [5.74, 6) is 1.76. The number of nitrogens with zero attached hydrogens (tertiary/aromatic N) is 3. The van der Waals surface area contributed by atoms with Crippen LogP contribution in [0.15, 0.2) is 58.4 Å². The zero-order valence-corrected chi connectivity index (χ0v) is 21.9. The Morgan fingerprint density at radius 1 is 1.06 bits per heavy atom. The summed E-state index contributed by atoms with van der Waals surface area (Å²) in [6.45, 7) is 6.77. The van der Waals surface area contributed by atoms with Gasteiger partial charge in [0.05, 0.1) is 24.2 Å². The second-order valence-corrected chi connectivity index (χ2v) is 9.05. The SMILES string of the molecule is CCNC(=NCc1ccc(S(=O)(=O)NC)cc1)N1CCN(c2ccccc2OC)CC1.I. The van der Waals surface area contributed by atoms with Crippen molar-refractivity contribution < 1.29 is 13.2 Å². The molecule has 1 aliphatic heterocycles. The zero-order valence-electron chi connectivity index (χ0n) is 18.7. The number of rotatable bonds is 7. The van der Waals surface area contributed by atoms with E-state index in [2.05, 4.69) is 32.8 Å². The smallest absolute Gasteiger partial charge is 0.240 e. The number of methoxy groups -OCH3 is 1. The molecule has 0 spiro atoms. The number of ether oxygens (including phenoxy) is 1. The molecule has 1 fully saturated rings. The largest absolute Gasteiger partial charge is 0.495 e. The van der Waals surface area contributed by atoms with Crippen molar-refractivity contribution in [2.24, 2.45) is 4.99 Å². The molecule has 176 valence electrons. The van der Waals surface area contributed by atoms with E-state index in [9.17, 15) is 8.42 Å². The van der Waals surface area contributed by atoms with Crippen LogP contribution in [-0.4, -0.2) is 66.2 Å². The lowest BCUT2D eigenvalue weighted by Crippen LogP contribution is -2.52. The molecular weight excluding hydrogens is 541 g/mol. The molecule has 2 aromatic rings. The van der Waals surface area contributed by atoms with Crippen molar-refractivity contribution >= 4 is 45.6 Å². The molecule has 1 saturated heterocycles. The van der Waals surface area contributed by atoms with Crippen molar-refractivity contribution in [3.63, 3.8) is 0 Å². The highest BCUT2D eigenvalue weighted by molar-refractivity contribution is 14.0. The Labute approximate surface area is 208 Å². The van der Waals surface area contributed by atoms with Crippen LogP contribution in [0, 0.1) is 0 Å². The molecule has 32 heavy (non-hydrogen) atoms. The molecule has 1 aliphatic rings. The first kappa shape index (κ1) is 26.2. The lowest BCUT2D eigenvalue weighted by Gasteiger charge is -2.38. The summed E-state index contributed by atoms with van der Waals surface area (Å²) in [4.78, 5) is 9.62.